The van der Waals surface area contributed by atoms with E-state index in [1.807, 2.05) is 30.3 Å². The van der Waals surface area contributed by atoms with Crippen molar-refractivity contribution in [1.29, 1.82) is 0 Å². The number of aryl methyl sites for hydroxylation is 1. The van der Waals surface area contributed by atoms with Gasteiger partial charge in [0.15, 0.2) is 6.10 Å². The van der Waals surface area contributed by atoms with Gasteiger partial charge in [0.2, 0.25) is 0 Å². The number of morpholine rings is 1. The van der Waals surface area contributed by atoms with Gasteiger partial charge in [-0.15, -0.1) is 0 Å². The third-order valence-corrected chi connectivity index (χ3v) is 4.62. The van der Waals surface area contributed by atoms with Gasteiger partial charge in [0.25, 0.3) is 11.6 Å². The van der Waals surface area contributed by atoms with E-state index < -0.39 is 17.2 Å². The highest BCUT2D eigenvalue weighted by Gasteiger charge is 2.29. The molecule has 0 radical (unpaired) electrons. The van der Waals surface area contributed by atoms with Crippen molar-refractivity contribution in [3.63, 3.8) is 0 Å². The monoisotopic (exact) mass is 414 g/mol. The molecule has 3 rings (SSSR count). The second kappa shape index (κ2) is 10.4. The number of nitro groups is 1. The molecule has 1 saturated heterocycles. The Morgan fingerprint density at radius 2 is 1.73 bits per heavy atom. The van der Waals surface area contributed by atoms with Crippen molar-refractivity contribution in [3.8, 4) is 5.75 Å². The summed E-state index contributed by atoms with van der Waals surface area (Å²) in [6.07, 6.45) is -1.19. The molecule has 2 aromatic carbocycles. The zero-order valence-corrected chi connectivity index (χ0v) is 16.3. The van der Waals surface area contributed by atoms with Gasteiger partial charge in [0.1, 0.15) is 5.75 Å². The van der Waals surface area contributed by atoms with Gasteiger partial charge >= 0.3 is 6.16 Å². The maximum atomic E-state index is 12.9. The normalized spacial score (nSPS) is 14.6. The van der Waals surface area contributed by atoms with Crippen molar-refractivity contribution in [2.75, 3.05) is 26.3 Å². The lowest BCUT2D eigenvalue weighted by Gasteiger charge is -2.30. The first-order valence-corrected chi connectivity index (χ1v) is 9.56. The molecular weight excluding hydrogens is 392 g/mol. The van der Waals surface area contributed by atoms with Crippen molar-refractivity contribution in [2.45, 2.75) is 18.9 Å². The number of ether oxygens (including phenoxy) is 3. The molecule has 1 heterocycles. The van der Waals surface area contributed by atoms with Crippen LogP contribution >= 0.6 is 0 Å². The predicted octanol–water partition coefficient (Wildman–Crippen LogP) is 2.97. The van der Waals surface area contributed by atoms with Crippen LogP contribution in [0.1, 0.15) is 12.0 Å². The van der Waals surface area contributed by atoms with Crippen LogP contribution in [0.25, 0.3) is 0 Å². The predicted molar refractivity (Wildman–Crippen MR) is 106 cm³/mol. The molecule has 0 aromatic heterocycles. The minimum atomic E-state index is -1.04. The number of non-ortho nitro benzene ring substituents is 1. The molecule has 0 unspecified atom stereocenters. The minimum Gasteiger partial charge on any atom is -0.421 e. The summed E-state index contributed by atoms with van der Waals surface area (Å²) < 4.78 is 15.7. The zero-order chi connectivity index (χ0) is 21.3. The maximum Gasteiger partial charge on any atom is 0.514 e. The highest BCUT2D eigenvalue weighted by atomic mass is 16.7. The van der Waals surface area contributed by atoms with Gasteiger partial charge in [0.05, 0.1) is 18.1 Å². The third-order valence-electron chi connectivity index (χ3n) is 4.62. The van der Waals surface area contributed by atoms with Crippen LogP contribution in [0.4, 0.5) is 10.5 Å². The highest BCUT2D eigenvalue weighted by Crippen LogP contribution is 2.19. The van der Waals surface area contributed by atoms with Gasteiger partial charge in [-0.25, -0.2) is 4.79 Å². The van der Waals surface area contributed by atoms with Gasteiger partial charge in [-0.1, -0.05) is 30.3 Å². The maximum absolute atomic E-state index is 12.9. The lowest BCUT2D eigenvalue weighted by Crippen LogP contribution is -2.47. The second-order valence-corrected chi connectivity index (χ2v) is 6.67. The van der Waals surface area contributed by atoms with Crippen LogP contribution < -0.4 is 4.74 Å². The fourth-order valence-corrected chi connectivity index (χ4v) is 3.03. The van der Waals surface area contributed by atoms with E-state index >= 15 is 0 Å². The summed E-state index contributed by atoms with van der Waals surface area (Å²) in [6.45, 7) is 1.73. The minimum absolute atomic E-state index is 0.0891. The lowest BCUT2D eigenvalue weighted by molar-refractivity contribution is -0.384. The molecule has 0 bridgehead atoms. The van der Waals surface area contributed by atoms with Crippen molar-refractivity contribution < 1.29 is 28.7 Å². The number of nitro benzene ring substituents is 1. The molecule has 158 valence electrons. The summed E-state index contributed by atoms with van der Waals surface area (Å²) in [5.74, 6) is -0.207. The Morgan fingerprint density at radius 1 is 1.07 bits per heavy atom. The first-order valence-electron chi connectivity index (χ1n) is 9.56. The molecule has 9 heteroatoms. The van der Waals surface area contributed by atoms with Gasteiger partial charge in [-0.2, -0.15) is 0 Å². The summed E-state index contributed by atoms with van der Waals surface area (Å²) in [5.41, 5.74) is 0.892. The Morgan fingerprint density at radius 3 is 2.37 bits per heavy atom. The number of rotatable bonds is 7. The van der Waals surface area contributed by atoms with E-state index in [-0.39, 0.29) is 17.3 Å². The summed E-state index contributed by atoms with van der Waals surface area (Å²) in [4.78, 5) is 36.9. The molecule has 1 aliphatic rings. The number of carbonyl (C=O) groups excluding carboxylic acids is 2. The van der Waals surface area contributed by atoms with Gasteiger partial charge in [0, 0.05) is 25.2 Å². The second-order valence-electron chi connectivity index (χ2n) is 6.67. The Labute approximate surface area is 173 Å². The van der Waals surface area contributed by atoms with Crippen molar-refractivity contribution in [1.82, 2.24) is 4.90 Å². The first kappa shape index (κ1) is 21.3. The molecule has 0 saturated carbocycles. The van der Waals surface area contributed by atoms with Crippen LogP contribution in [0.3, 0.4) is 0 Å². The Kier molecular flexibility index (Phi) is 7.34. The van der Waals surface area contributed by atoms with Crippen LogP contribution in [0.2, 0.25) is 0 Å². The Bertz CT molecular complexity index is 865. The number of hydrogen-bond donors (Lipinski definition) is 0. The molecule has 0 spiro atoms. The SMILES string of the molecule is O=C(Oc1ccc([N+](=O)[O-])cc1)O[C@@H](CCc1ccccc1)C(=O)N1CCOCC1. The van der Waals surface area contributed by atoms with E-state index in [0.29, 0.717) is 39.1 Å². The molecular formula is C21H22N2O7. The fourth-order valence-electron chi connectivity index (χ4n) is 3.03. The van der Waals surface area contributed by atoms with Gasteiger partial charge < -0.3 is 19.1 Å². The van der Waals surface area contributed by atoms with E-state index in [1.54, 1.807) is 4.90 Å². The fraction of sp³-hybridized carbons (Fsp3) is 0.333. The Balaban J connectivity index is 1.64. The van der Waals surface area contributed by atoms with Crippen LogP contribution in [0, 0.1) is 10.1 Å². The van der Waals surface area contributed by atoms with Crippen molar-refractivity contribution in [3.05, 3.63) is 70.3 Å². The summed E-state index contributed by atoms with van der Waals surface area (Å²) in [7, 11) is 0. The summed E-state index contributed by atoms with van der Waals surface area (Å²) in [6, 6.07) is 14.6. The van der Waals surface area contributed by atoms with Crippen molar-refractivity contribution in [2.24, 2.45) is 0 Å². The third kappa shape index (κ3) is 6.02. The highest BCUT2D eigenvalue weighted by molar-refractivity contribution is 5.83. The topological polar surface area (TPSA) is 108 Å². The number of amides is 1. The average molecular weight is 414 g/mol. The largest absolute Gasteiger partial charge is 0.514 e. The summed E-state index contributed by atoms with van der Waals surface area (Å²) >= 11 is 0. The van der Waals surface area contributed by atoms with E-state index in [1.165, 1.54) is 24.3 Å². The van der Waals surface area contributed by atoms with Crippen LogP contribution in [0.15, 0.2) is 54.6 Å². The molecule has 1 amide bonds. The molecule has 1 fully saturated rings. The first-order chi connectivity index (χ1) is 14.5. The smallest absolute Gasteiger partial charge is 0.421 e. The van der Waals surface area contributed by atoms with Crippen molar-refractivity contribution >= 4 is 17.7 Å². The molecule has 0 aliphatic carbocycles. The summed E-state index contributed by atoms with van der Waals surface area (Å²) in [5, 5.41) is 10.7. The Hall–Kier alpha value is -3.46. The standard InChI is InChI=1S/C21H22N2O7/c24-20(22-12-14-28-15-13-22)19(11-6-16-4-2-1-3-5-16)30-21(25)29-18-9-7-17(8-10-18)23(26)27/h1-5,7-10,19H,6,11-15H2/t19-/m0/s1. The molecule has 1 aliphatic heterocycles. The number of carbonyl (C=O) groups is 2. The molecule has 1 atom stereocenters. The van der Waals surface area contributed by atoms with Crippen LogP contribution in [-0.2, 0) is 20.7 Å². The number of hydrogen-bond acceptors (Lipinski definition) is 7. The molecule has 30 heavy (non-hydrogen) atoms. The van der Waals surface area contributed by atoms with E-state index in [2.05, 4.69) is 0 Å². The number of benzene rings is 2. The zero-order valence-electron chi connectivity index (χ0n) is 16.3. The molecule has 0 N–H and O–H groups in total. The van der Waals surface area contributed by atoms with E-state index in [0.717, 1.165) is 5.56 Å². The van der Waals surface area contributed by atoms with Gasteiger partial charge in [-0.3, -0.25) is 14.9 Å². The lowest BCUT2D eigenvalue weighted by atomic mass is 10.1. The molecule has 9 nitrogen and oxygen atoms in total. The number of nitrogens with zero attached hydrogens (tertiary/aromatic N) is 2. The van der Waals surface area contributed by atoms with Crippen LogP contribution in [-0.4, -0.2) is 54.3 Å². The van der Waals surface area contributed by atoms with Crippen LogP contribution in [0.5, 0.6) is 5.75 Å². The van der Waals surface area contributed by atoms with E-state index in [9.17, 15) is 19.7 Å². The average Bonchev–Trinajstić information content (AvgIpc) is 2.77. The quantitative estimate of drug-likeness (QED) is 0.297. The van der Waals surface area contributed by atoms with Gasteiger partial charge in [-0.05, 0) is 30.5 Å². The van der Waals surface area contributed by atoms with E-state index in [4.69, 9.17) is 14.2 Å². The molecule has 2 aromatic rings.